The van der Waals surface area contributed by atoms with Gasteiger partial charge in [0.2, 0.25) is 0 Å². The highest BCUT2D eigenvalue weighted by Crippen LogP contribution is 2.29. The van der Waals surface area contributed by atoms with Gasteiger partial charge in [0.05, 0.1) is 24.0 Å². The normalized spacial score (nSPS) is 11.4. The Balaban J connectivity index is 1.43. The molecule has 0 bridgehead atoms. The molecule has 0 aliphatic heterocycles. The molecule has 30 heavy (non-hydrogen) atoms. The van der Waals surface area contributed by atoms with Gasteiger partial charge in [-0.3, -0.25) is 4.68 Å². The van der Waals surface area contributed by atoms with Crippen LogP contribution in [0, 0.1) is 0 Å². The third-order valence-corrected chi connectivity index (χ3v) is 4.73. The van der Waals surface area contributed by atoms with E-state index in [9.17, 15) is 13.2 Å². The fraction of sp³-hybridized carbons (Fsp3) is 0.0909. The third-order valence-electron chi connectivity index (χ3n) is 4.53. The van der Waals surface area contributed by atoms with Crippen LogP contribution >= 0.6 is 12.2 Å². The first kappa shape index (κ1) is 19.9. The van der Waals surface area contributed by atoms with Gasteiger partial charge < -0.3 is 10.6 Å². The molecule has 1 heterocycles. The molecule has 0 saturated heterocycles. The van der Waals surface area contributed by atoms with Gasteiger partial charge in [0.15, 0.2) is 5.11 Å². The van der Waals surface area contributed by atoms with E-state index in [0.717, 1.165) is 28.6 Å². The summed E-state index contributed by atoms with van der Waals surface area (Å²) in [6, 6.07) is 19.1. The Labute approximate surface area is 176 Å². The number of nitrogens with one attached hydrogen (secondary N) is 2. The zero-order chi connectivity index (χ0) is 21.1. The lowest BCUT2D eigenvalue weighted by molar-refractivity contribution is -0.137. The van der Waals surface area contributed by atoms with Crippen molar-refractivity contribution in [1.82, 2.24) is 9.78 Å². The van der Waals surface area contributed by atoms with Gasteiger partial charge in [0.1, 0.15) is 0 Å². The zero-order valence-corrected chi connectivity index (χ0v) is 16.5. The second kappa shape index (κ2) is 8.16. The predicted octanol–water partition coefficient (Wildman–Crippen LogP) is 5.91. The van der Waals surface area contributed by atoms with Crippen molar-refractivity contribution >= 4 is 39.5 Å². The summed E-state index contributed by atoms with van der Waals surface area (Å²) >= 11 is 5.39. The molecule has 3 aromatic carbocycles. The van der Waals surface area contributed by atoms with Crippen LogP contribution in [0.5, 0.6) is 0 Å². The van der Waals surface area contributed by atoms with E-state index >= 15 is 0 Å². The van der Waals surface area contributed by atoms with Crippen molar-refractivity contribution < 1.29 is 13.2 Å². The average Bonchev–Trinajstić information content (AvgIpc) is 3.14. The molecule has 4 aromatic rings. The standard InChI is InChI=1S/C22H17F3N4S/c23-22(24,25)17-8-3-5-15(11-17)13-29-14-18(12-26-29)27-21(30)28-20-10-4-7-16-6-1-2-9-19(16)20/h1-12,14H,13H2,(H2,27,28,30). The number of thiocarbonyl (C=S) groups is 1. The van der Waals surface area contributed by atoms with Gasteiger partial charge in [-0.25, -0.2) is 0 Å². The molecule has 0 fully saturated rings. The molecule has 1 aromatic heterocycles. The molecular weight excluding hydrogens is 409 g/mol. The van der Waals surface area contributed by atoms with Crippen LogP contribution in [0.4, 0.5) is 24.5 Å². The van der Waals surface area contributed by atoms with Crippen molar-refractivity contribution in [3.63, 3.8) is 0 Å². The fourth-order valence-electron chi connectivity index (χ4n) is 3.17. The molecule has 2 N–H and O–H groups in total. The van der Waals surface area contributed by atoms with Gasteiger partial charge in [0, 0.05) is 17.3 Å². The summed E-state index contributed by atoms with van der Waals surface area (Å²) in [6.45, 7) is 0.217. The van der Waals surface area contributed by atoms with Crippen molar-refractivity contribution in [2.45, 2.75) is 12.7 Å². The Morgan fingerprint density at radius 2 is 1.73 bits per heavy atom. The second-order valence-corrected chi connectivity index (χ2v) is 7.14. The number of halogens is 3. The van der Waals surface area contributed by atoms with Crippen LogP contribution < -0.4 is 10.6 Å². The summed E-state index contributed by atoms with van der Waals surface area (Å²) < 4.78 is 40.2. The quantitative estimate of drug-likeness (QED) is 0.398. The molecule has 0 spiro atoms. The second-order valence-electron chi connectivity index (χ2n) is 6.73. The van der Waals surface area contributed by atoms with Crippen LogP contribution in [0.15, 0.2) is 79.1 Å². The third kappa shape index (κ3) is 4.60. The van der Waals surface area contributed by atoms with E-state index in [4.69, 9.17) is 12.2 Å². The summed E-state index contributed by atoms with van der Waals surface area (Å²) in [6.07, 6.45) is -1.10. The van der Waals surface area contributed by atoms with Crippen molar-refractivity contribution in [3.8, 4) is 0 Å². The van der Waals surface area contributed by atoms with Crippen LogP contribution in [0.3, 0.4) is 0 Å². The largest absolute Gasteiger partial charge is 0.416 e. The van der Waals surface area contributed by atoms with Crippen molar-refractivity contribution in [1.29, 1.82) is 0 Å². The number of anilines is 2. The molecule has 152 valence electrons. The minimum Gasteiger partial charge on any atom is -0.332 e. The molecule has 0 unspecified atom stereocenters. The van der Waals surface area contributed by atoms with Crippen LogP contribution in [-0.2, 0) is 12.7 Å². The number of alkyl halides is 3. The first-order chi connectivity index (χ1) is 14.4. The number of benzene rings is 3. The minimum absolute atomic E-state index is 0.217. The Kier molecular flexibility index (Phi) is 5.41. The minimum atomic E-state index is -4.37. The first-order valence-electron chi connectivity index (χ1n) is 9.13. The number of hydrogen-bond donors (Lipinski definition) is 2. The number of aromatic nitrogens is 2. The molecule has 4 nitrogen and oxygen atoms in total. The molecule has 0 saturated carbocycles. The molecule has 0 amide bonds. The summed E-state index contributed by atoms with van der Waals surface area (Å²) in [5, 5.41) is 13.0. The van der Waals surface area contributed by atoms with Crippen LogP contribution in [0.2, 0.25) is 0 Å². The summed E-state index contributed by atoms with van der Waals surface area (Å²) in [4.78, 5) is 0. The van der Waals surface area contributed by atoms with Gasteiger partial charge in [-0.2, -0.15) is 18.3 Å². The Morgan fingerprint density at radius 1 is 0.967 bits per heavy atom. The van der Waals surface area contributed by atoms with Gasteiger partial charge in [-0.1, -0.05) is 48.5 Å². The van der Waals surface area contributed by atoms with E-state index in [1.54, 1.807) is 23.1 Å². The van der Waals surface area contributed by atoms with Crippen LogP contribution in [0.25, 0.3) is 10.8 Å². The molecule has 0 radical (unpaired) electrons. The Bertz CT molecular complexity index is 1190. The highest BCUT2D eigenvalue weighted by molar-refractivity contribution is 7.80. The van der Waals surface area contributed by atoms with Gasteiger partial charge in [0.25, 0.3) is 0 Å². The summed E-state index contributed by atoms with van der Waals surface area (Å²) in [7, 11) is 0. The summed E-state index contributed by atoms with van der Waals surface area (Å²) in [5.41, 5.74) is 1.35. The van der Waals surface area contributed by atoms with E-state index in [1.165, 1.54) is 6.07 Å². The van der Waals surface area contributed by atoms with Gasteiger partial charge >= 0.3 is 6.18 Å². The van der Waals surface area contributed by atoms with Crippen molar-refractivity contribution in [3.05, 3.63) is 90.3 Å². The molecular formula is C22H17F3N4S. The summed E-state index contributed by atoms with van der Waals surface area (Å²) in [5.74, 6) is 0. The van der Waals surface area contributed by atoms with E-state index in [1.807, 2.05) is 42.5 Å². The molecule has 0 atom stereocenters. The van der Waals surface area contributed by atoms with E-state index in [2.05, 4.69) is 15.7 Å². The molecule has 4 rings (SSSR count). The van der Waals surface area contributed by atoms with Crippen LogP contribution in [0.1, 0.15) is 11.1 Å². The topological polar surface area (TPSA) is 41.9 Å². The van der Waals surface area contributed by atoms with Crippen molar-refractivity contribution in [2.75, 3.05) is 10.6 Å². The zero-order valence-electron chi connectivity index (χ0n) is 15.6. The van der Waals surface area contributed by atoms with Gasteiger partial charge in [-0.15, -0.1) is 0 Å². The predicted molar refractivity (Wildman–Crippen MR) is 117 cm³/mol. The highest BCUT2D eigenvalue weighted by Gasteiger charge is 2.30. The maximum atomic E-state index is 12.9. The molecule has 8 heteroatoms. The van der Waals surface area contributed by atoms with E-state index < -0.39 is 11.7 Å². The SMILES string of the molecule is FC(F)(F)c1cccc(Cn2cc(NC(=S)Nc3cccc4ccccc34)cn2)c1. The van der Waals surface area contributed by atoms with Crippen LogP contribution in [-0.4, -0.2) is 14.9 Å². The number of fused-ring (bicyclic) bond motifs is 1. The lowest BCUT2D eigenvalue weighted by atomic mass is 10.1. The maximum Gasteiger partial charge on any atom is 0.416 e. The Hall–Kier alpha value is -3.39. The van der Waals surface area contributed by atoms with E-state index in [0.29, 0.717) is 16.4 Å². The number of hydrogen-bond acceptors (Lipinski definition) is 2. The highest BCUT2D eigenvalue weighted by atomic mass is 32.1. The fourth-order valence-corrected chi connectivity index (χ4v) is 3.39. The molecule has 0 aliphatic rings. The van der Waals surface area contributed by atoms with E-state index in [-0.39, 0.29) is 6.54 Å². The monoisotopic (exact) mass is 426 g/mol. The molecule has 0 aliphatic carbocycles. The van der Waals surface area contributed by atoms with Crippen molar-refractivity contribution in [2.24, 2.45) is 0 Å². The maximum absolute atomic E-state index is 12.9. The lowest BCUT2D eigenvalue weighted by Gasteiger charge is -2.11. The smallest absolute Gasteiger partial charge is 0.332 e. The first-order valence-corrected chi connectivity index (χ1v) is 9.54. The van der Waals surface area contributed by atoms with Gasteiger partial charge in [-0.05, 0) is 41.4 Å². The number of rotatable bonds is 4. The Morgan fingerprint density at radius 3 is 2.57 bits per heavy atom. The number of nitrogens with zero attached hydrogens (tertiary/aromatic N) is 2. The lowest BCUT2D eigenvalue weighted by Crippen LogP contribution is -2.18. The average molecular weight is 426 g/mol.